The summed E-state index contributed by atoms with van der Waals surface area (Å²) < 4.78 is 2.43. The third-order valence-corrected chi connectivity index (χ3v) is 21.8. The number of nitrogens with zero attached hydrogens (tertiary/aromatic N) is 5. The minimum absolute atomic E-state index is 0.0923. The highest BCUT2D eigenvalue weighted by Gasteiger charge is 2.49. The molecule has 5 aliphatic heterocycles. The van der Waals surface area contributed by atoms with Crippen LogP contribution in [0.25, 0.3) is 0 Å². The van der Waals surface area contributed by atoms with Crippen molar-refractivity contribution in [2.45, 2.75) is 330 Å². The number of carbonyl (C=O) groups excluding carboxylic acids is 16. The molecular formula is C81H139N18O16+. The topological polar surface area (TPSA) is 445 Å². The Morgan fingerprint density at radius 2 is 0.817 bits per heavy atom. The Balaban J connectivity index is 1.07. The number of hydrogen-bond donors (Lipinski definition) is 13. The first kappa shape index (κ1) is 96.6. The molecule has 34 nitrogen and oxygen atoms in total. The molecule has 5 aliphatic rings. The molecule has 0 radical (unpaired) electrons. The third-order valence-electron chi connectivity index (χ3n) is 21.8. The second-order valence-electron chi connectivity index (χ2n) is 37.2. The predicted molar refractivity (Wildman–Crippen MR) is 432 cm³/mol. The molecule has 5 rings (SSSR count). The van der Waals surface area contributed by atoms with Gasteiger partial charge in [0.25, 0.3) is 0 Å². The summed E-state index contributed by atoms with van der Waals surface area (Å²) in [6, 6.07) is -4.14. The zero-order chi connectivity index (χ0) is 86.9. The minimum Gasteiger partial charge on any atom is -0.354 e. The molecule has 0 aliphatic carbocycles. The molecule has 13 N–H and O–H groups in total. The molecule has 0 aromatic carbocycles. The zero-order valence-electron chi connectivity index (χ0n) is 72.8. The van der Waals surface area contributed by atoms with Gasteiger partial charge < -0.3 is 83.8 Å². The minimum atomic E-state index is -1.67. The lowest BCUT2D eigenvalue weighted by Crippen LogP contribution is -2.67. The van der Waals surface area contributed by atoms with Crippen LogP contribution in [0.15, 0.2) is 0 Å². The van der Waals surface area contributed by atoms with E-state index in [1.807, 2.05) is 27.7 Å². The van der Waals surface area contributed by atoms with Gasteiger partial charge in [0.1, 0.15) is 75.0 Å². The molecule has 16 amide bonds. The molecule has 0 aromatic heterocycles. The second kappa shape index (κ2) is 40.2. The number of hydrogen-bond acceptors (Lipinski definition) is 17. The van der Waals surface area contributed by atoms with Crippen molar-refractivity contribution in [1.29, 1.82) is 0 Å². The van der Waals surface area contributed by atoms with Gasteiger partial charge in [-0.05, 0) is 205 Å². The summed E-state index contributed by atoms with van der Waals surface area (Å²) in [6.45, 7) is 38.1. The van der Waals surface area contributed by atoms with E-state index in [0.717, 1.165) is 58.2 Å². The molecule has 3 fully saturated rings. The van der Waals surface area contributed by atoms with Crippen molar-refractivity contribution in [2.24, 2.45) is 17.8 Å². The van der Waals surface area contributed by atoms with Gasteiger partial charge in [-0.2, -0.15) is 0 Å². The summed E-state index contributed by atoms with van der Waals surface area (Å²) in [5, 5.41) is 35.5. The fraction of sp³-hybridized carbons (Fsp3) is 0.790. The molecule has 115 heavy (non-hydrogen) atoms. The van der Waals surface area contributed by atoms with E-state index in [1.54, 1.807) is 34.6 Å². The maximum absolute atomic E-state index is 14.4. The lowest BCUT2D eigenvalue weighted by molar-refractivity contribution is -0.530. The Morgan fingerprint density at radius 1 is 0.400 bits per heavy atom. The van der Waals surface area contributed by atoms with E-state index >= 15 is 0 Å². The molecule has 0 saturated carbocycles. The molecule has 34 heteroatoms. The Morgan fingerprint density at radius 3 is 1.32 bits per heavy atom. The van der Waals surface area contributed by atoms with Gasteiger partial charge in [-0.15, -0.1) is 0 Å². The lowest BCUT2D eigenvalue weighted by atomic mass is 9.88. The van der Waals surface area contributed by atoms with Crippen LogP contribution in [0.3, 0.4) is 0 Å². The summed E-state index contributed by atoms with van der Waals surface area (Å²) in [5.41, 5.74) is -12.6. The first-order chi connectivity index (χ1) is 53.1. The standard InChI is InChI=1S/C81H138N18O16/c1-49(2)43-53(48-96-39-30-38-95-37-29-34-61(95)96)85-67(109)75(10,11)94-71(113)81(22,45-51(5)6)88-60(103)47-84-66(108)74(8,9)89-64(106)56-32-25-28-42-99(56)73(115)80(20,21)93-69(111)77(14,15)87-59(102)46-83-58(101)35-36-82-62(104)54(44-50(3)4)86-68(110)76(12,13)92-70(112)78(16,17)90-65(107)57-33-24-27-41-98(57)72(114)79(18,19)91-63(105)55-31-23-26-40-97(55)52(7)100/h49-51,53-57H,23-48H2,1-22H3,(H12-,82,83,84,85,86,87,88,89,90,91,92,93,94,101,102,103,104,105,106,107,108,109,110,111,112,113)/p+1/t53-,54-,55-,56-,57-,81-/m0/s1. The first-order valence-electron chi connectivity index (χ1n) is 41.3. The molecule has 648 valence electrons. The Kier molecular flexibility index (Phi) is 33.8. The van der Waals surface area contributed by atoms with Crippen LogP contribution in [-0.4, -0.2) is 264 Å². The molecule has 3 saturated heterocycles. The monoisotopic (exact) mass is 1620 g/mol. The van der Waals surface area contributed by atoms with Gasteiger partial charge in [0.05, 0.1) is 45.2 Å². The molecule has 0 aromatic rings. The van der Waals surface area contributed by atoms with Gasteiger partial charge >= 0.3 is 0 Å². The Hall–Kier alpha value is -9.01. The summed E-state index contributed by atoms with van der Waals surface area (Å²) in [7, 11) is 0. The van der Waals surface area contributed by atoms with E-state index in [4.69, 9.17) is 0 Å². The van der Waals surface area contributed by atoms with E-state index in [0.29, 0.717) is 51.1 Å². The maximum Gasteiger partial charge on any atom is 0.248 e. The molecule has 0 bridgehead atoms. The van der Waals surface area contributed by atoms with Gasteiger partial charge in [-0.25, -0.2) is 0 Å². The van der Waals surface area contributed by atoms with E-state index < -0.39 is 164 Å². The van der Waals surface area contributed by atoms with Gasteiger partial charge in [-0.1, -0.05) is 41.5 Å². The van der Waals surface area contributed by atoms with E-state index in [-0.39, 0.29) is 81.4 Å². The Labute approximate surface area is 680 Å². The van der Waals surface area contributed by atoms with Gasteiger partial charge in [-0.3, -0.25) is 86.2 Å². The zero-order valence-corrected chi connectivity index (χ0v) is 72.8. The number of carbonyl (C=O) groups is 16. The van der Waals surface area contributed by atoms with Crippen molar-refractivity contribution < 1.29 is 81.3 Å². The first-order valence-corrected chi connectivity index (χ1v) is 41.3. The number of nitrogens with one attached hydrogen (secondary N) is 13. The van der Waals surface area contributed by atoms with E-state index in [9.17, 15) is 76.7 Å². The third kappa shape index (κ3) is 27.6. The largest absolute Gasteiger partial charge is 0.354 e. The quantitative estimate of drug-likeness (QED) is 0.0387. The fourth-order valence-corrected chi connectivity index (χ4v) is 15.4. The van der Waals surface area contributed by atoms with Crippen LogP contribution in [0.1, 0.15) is 255 Å². The second-order valence-corrected chi connectivity index (χ2v) is 37.2. The molecule has 5 heterocycles. The van der Waals surface area contributed by atoms with Crippen LogP contribution < -0.4 is 69.1 Å². The van der Waals surface area contributed by atoms with E-state index in [2.05, 4.69) is 92.4 Å². The Bertz CT molecular complexity index is 3640. The normalized spacial score (nSPS) is 18.9. The SMILES string of the molecule is CC(=O)N1CCCC[C@H]1C(=O)NC(C)(C)C(=O)N1CCCC[C@H]1C(=O)NC(C)(C)C(=O)NC(C)(C)C(=O)N[C@@H](CC(C)C)C(=O)NCCC(=O)NCC(=O)NC(C)(C)C(=O)NC(C)(C)C(=O)N1CCCC[C@H]1C(=O)NC(C)(C)C(=O)NCC(=O)N[C@@](C)(CC(C)C)C(=O)NC(C)(C)C(=O)N[C@@H](CC(C)C)CN1CCC[N+]2=C1CCC2. The summed E-state index contributed by atoms with van der Waals surface area (Å²) in [6.07, 6.45) is 8.59. The average molecular weight is 1620 g/mol. The van der Waals surface area contributed by atoms with Crippen molar-refractivity contribution in [3.8, 4) is 0 Å². The van der Waals surface area contributed by atoms with Crippen LogP contribution in [0.4, 0.5) is 0 Å². The molecule has 0 unspecified atom stereocenters. The van der Waals surface area contributed by atoms with Gasteiger partial charge in [0, 0.05) is 45.9 Å². The molecule has 6 atom stereocenters. The number of rotatable bonds is 37. The van der Waals surface area contributed by atoms with Crippen LogP contribution in [0.5, 0.6) is 0 Å². The molecule has 0 spiro atoms. The number of piperidine rings is 3. The number of likely N-dealkylation sites (tertiary alicyclic amines) is 3. The average Bonchev–Trinajstić information content (AvgIpc) is 1.33. The van der Waals surface area contributed by atoms with Gasteiger partial charge in [0.2, 0.25) is 100 Å². The lowest BCUT2D eigenvalue weighted by Gasteiger charge is -2.42. The fourth-order valence-electron chi connectivity index (χ4n) is 15.4. The predicted octanol–water partition coefficient (Wildman–Crippen LogP) is 1.05. The highest BCUT2D eigenvalue weighted by molar-refractivity contribution is 6.03. The summed E-state index contributed by atoms with van der Waals surface area (Å²) in [5.74, 6) is -8.57. The van der Waals surface area contributed by atoms with Crippen molar-refractivity contribution in [3.63, 3.8) is 0 Å². The van der Waals surface area contributed by atoms with E-state index in [1.165, 1.54) is 96.7 Å². The number of amides is 16. The van der Waals surface area contributed by atoms with Crippen LogP contribution in [0, 0.1) is 17.8 Å². The number of amidine groups is 1. The van der Waals surface area contributed by atoms with Gasteiger partial charge in [0.15, 0.2) is 0 Å². The maximum atomic E-state index is 14.4. The molecular weight excluding hydrogens is 1480 g/mol. The van der Waals surface area contributed by atoms with Crippen molar-refractivity contribution in [2.75, 3.05) is 65.4 Å². The van der Waals surface area contributed by atoms with Crippen LogP contribution in [0.2, 0.25) is 0 Å². The summed E-state index contributed by atoms with van der Waals surface area (Å²) in [4.78, 5) is 227. The van der Waals surface area contributed by atoms with Crippen molar-refractivity contribution in [3.05, 3.63) is 0 Å². The van der Waals surface area contributed by atoms with Crippen LogP contribution in [-0.2, 0) is 76.7 Å². The summed E-state index contributed by atoms with van der Waals surface area (Å²) >= 11 is 0. The van der Waals surface area contributed by atoms with Crippen molar-refractivity contribution in [1.82, 2.24) is 88.7 Å². The highest BCUT2D eigenvalue weighted by atomic mass is 16.2. The smallest absolute Gasteiger partial charge is 0.248 e. The van der Waals surface area contributed by atoms with Crippen LogP contribution >= 0.6 is 0 Å². The van der Waals surface area contributed by atoms with Crippen molar-refractivity contribution >= 4 is 100 Å². The highest BCUT2D eigenvalue weighted by Crippen LogP contribution is 2.28.